The van der Waals surface area contributed by atoms with Crippen molar-refractivity contribution in [1.29, 1.82) is 0 Å². The summed E-state index contributed by atoms with van der Waals surface area (Å²) in [4.78, 5) is 49.2. The molecule has 46 heavy (non-hydrogen) atoms. The van der Waals surface area contributed by atoms with Gasteiger partial charge in [-0.1, -0.05) is 11.6 Å². The van der Waals surface area contributed by atoms with Crippen LogP contribution >= 0.6 is 11.6 Å². The molecule has 6 atom stereocenters. The lowest BCUT2D eigenvalue weighted by molar-refractivity contribution is 0.0611. The molecule has 0 aromatic heterocycles. The Morgan fingerprint density at radius 3 is 1.07 bits per heavy atom. The molecule has 0 N–H and O–H groups in total. The van der Waals surface area contributed by atoms with Gasteiger partial charge >= 0.3 is 0 Å². The number of nitrogens with zero attached hydrogens (tertiary/aromatic N) is 3. The molecule has 1 aromatic rings. The van der Waals surface area contributed by atoms with Gasteiger partial charge in [-0.05, 0) is 53.7 Å². The van der Waals surface area contributed by atoms with Crippen LogP contribution in [0.25, 0.3) is 0 Å². The highest BCUT2D eigenvalue weighted by atomic mass is 35.5. The number of ether oxygens (including phenoxy) is 6. The van der Waals surface area contributed by atoms with Gasteiger partial charge in [0, 0.05) is 0 Å². The van der Waals surface area contributed by atoms with E-state index in [1.807, 2.05) is 41.5 Å². The third-order valence-electron chi connectivity index (χ3n) is 9.65. The number of hydrogen-bond acceptors (Lipinski definition) is 9. The van der Waals surface area contributed by atoms with Crippen molar-refractivity contribution in [2.24, 2.45) is 0 Å². The summed E-state index contributed by atoms with van der Waals surface area (Å²) in [6.45, 7) is 16.4. The molecule has 0 radical (unpaired) electrons. The number of epoxide rings is 6. The lowest BCUT2D eigenvalue weighted by atomic mass is 9.95. The molecule has 6 saturated heterocycles. The maximum atomic E-state index is 14.9. The predicted octanol–water partition coefficient (Wildman–Crippen LogP) is 2.40. The van der Waals surface area contributed by atoms with E-state index in [1.165, 1.54) is 6.07 Å². The van der Waals surface area contributed by atoms with Gasteiger partial charge in [0.15, 0.2) is 0 Å². The van der Waals surface area contributed by atoms with Crippen LogP contribution in [-0.2, 0) is 28.4 Å². The van der Waals surface area contributed by atoms with E-state index in [2.05, 4.69) is 0 Å². The molecule has 6 aliphatic heterocycles. The molecule has 7 rings (SSSR count). The van der Waals surface area contributed by atoms with Crippen LogP contribution in [0.1, 0.15) is 72.6 Å². The van der Waals surface area contributed by atoms with E-state index in [-0.39, 0.29) is 47.9 Å². The van der Waals surface area contributed by atoms with Crippen LogP contribution in [0, 0.1) is 0 Å². The molecular formula is C33H44ClN3O9. The molecule has 252 valence electrons. The minimum absolute atomic E-state index is 0.0116. The fourth-order valence-electron chi connectivity index (χ4n) is 5.98. The molecule has 6 unspecified atom stereocenters. The minimum Gasteiger partial charge on any atom is -0.368 e. The molecule has 0 spiro atoms. The van der Waals surface area contributed by atoms with Gasteiger partial charge in [-0.25, -0.2) is 0 Å². The summed E-state index contributed by atoms with van der Waals surface area (Å²) in [6.07, 6.45) is 0. The lowest BCUT2D eigenvalue weighted by Crippen LogP contribution is -2.47. The Morgan fingerprint density at radius 1 is 0.522 bits per heavy atom. The van der Waals surface area contributed by atoms with Gasteiger partial charge in [0.05, 0.1) is 101 Å². The largest absolute Gasteiger partial charge is 0.368 e. The lowest BCUT2D eigenvalue weighted by Gasteiger charge is -2.32. The Hall–Kier alpha value is -2.32. The van der Waals surface area contributed by atoms with Crippen molar-refractivity contribution in [1.82, 2.24) is 14.7 Å². The topological polar surface area (TPSA) is 136 Å². The molecule has 0 bridgehead atoms. The van der Waals surface area contributed by atoms with E-state index >= 15 is 0 Å². The Labute approximate surface area is 274 Å². The van der Waals surface area contributed by atoms with Crippen LogP contribution in [0.2, 0.25) is 5.02 Å². The highest BCUT2D eigenvalue weighted by Gasteiger charge is 2.51. The number of benzene rings is 1. The number of hydrogen-bond donors (Lipinski definition) is 0. The SMILES string of the molecule is CC1(CN(CC2(C)CO2)C(=O)c2ccc(Cl)c(C(=O)N(CC3(C)CO3)CC3(C)CO3)c2C(=O)N(CC2(C)CO2)CC2(C)CO2)CO1. The highest BCUT2D eigenvalue weighted by Crippen LogP contribution is 2.38. The first-order valence-corrected chi connectivity index (χ1v) is 16.4. The van der Waals surface area contributed by atoms with Gasteiger partial charge in [-0.3, -0.25) is 14.4 Å². The van der Waals surface area contributed by atoms with Crippen molar-refractivity contribution in [2.45, 2.75) is 75.1 Å². The Morgan fingerprint density at radius 2 is 0.783 bits per heavy atom. The van der Waals surface area contributed by atoms with Crippen molar-refractivity contribution in [3.63, 3.8) is 0 Å². The number of rotatable bonds is 15. The third kappa shape index (κ3) is 7.08. The summed E-state index contributed by atoms with van der Waals surface area (Å²) in [6, 6.07) is 3.09. The summed E-state index contributed by atoms with van der Waals surface area (Å²) < 4.78 is 34.0. The Balaban J connectivity index is 1.32. The maximum absolute atomic E-state index is 14.9. The fourth-order valence-corrected chi connectivity index (χ4v) is 6.22. The monoisotopic (exact) mass is 661 g/mol. The first-order valence-electron chi connectivity index (χ1n) is 16.0. The number of carbonyl (C=O) groups is 3. The van der Waals surface area contributed by atoms with E-state index in [1.54, 1.807) is 20.8 Å². The zero-order valence-electron chi connectivity index (χ0n) is 27.5. The summed E-state index contributed by atoms with van der Waals surface area (Å²) in [5.74, 6) is -1.33. The maximum Gasteiger partial charge on any atom is 0.256 e. The molecule has 0 aliphatic carbocycles. The molecule has 13 heteroatoms. The first-order chi connectivity index (χ1) is 21.4. The van der Waals surface area contributed by atoms with Crippen LogP contribution in [-0.4, -0.2) is 145 Å². The molecule has 6 fully saturated rings. The quantitative estimate of drug-likeness (QED) is 0.260. The van der Waals surface area contributed by atoms with Crippen molar-refractivity contribution < 1.29 is 42.8 Å². The van der Waals surface area contributed by atoms with Gasteiger partial charge in [-0.2, -0.15) is 0 Å². The number of amides is 3. The molecular weight excluding hydrogens is 618 g/mol. The van der Waals surface area contributed by atoms with Gasteiger partial charge in [0.1, 0.15) is 33.6 Å². The van der Waals surface area contributed by atoms with Gasteiger partial charge in [0.25, 0.3) is 17.7 Å². The van der Waals surface area contributed by atoms with E-state index in [4.69, 9.17) is 40.0 Å². The number of halogens is 1. The third-order valence-corrected chi connectivity index (χ3v) is 9.96. The molecule has 3 amide bonds. The van der Waals surface area contributed by atoms with Crippen LogP contribution < -0.4 is 0 Å². The van der Waals surface area contributed by atoms with Gasteiger partial charge in [-0.15, -0.1) is 0 Å². The highest BCUT2D eigenvalue weighted by molar-refractivity contribution is 6.35. The molecule has 0 saturated carbocycles. The van der Waals surface area contributed by atoms with E-state index < -0.39 is 51.3 Å². The Bertz CT molecular complexity index is 1400. The predicted molar refractivity (Wildman–Crippen MR) is 165 cm³/mol. The molecule has 6 heterocycles. The minimum atomic E-state index is -0.530. The second-order valence-corrected chi connectivity index (χ2v) is 16.2. The van der Waals surface area contributed by atoms with Crippen LogP contribution in [0.15, 0.2) is 12.1 Å². The normalized spacial score (nSPS) is 37.7. The average molecular weight is 662 g/mol. The molecule has 6 aliphatic rings. The second kappa shape index (κ2) is 10.6. The van der Waals surface area contributed by atoms with E-state index in [0.29, 0.717) is 52.7 Å². The average Bonchev–Trinajstić information content (AvgIpc) is 3.75. The summed E-state index contributed by atoms with van der Waals surface area (Å²) in [7, 11) is 0. The van der Waals surface area contributed by atoms with Crippen molar-refractivity contribution in [3.8, 4) is 0 Å². The van der Waals surface area contributed by atoms with Crippen molar-refractivity contribution in [2.75, 3.05) is 78.9 Å². The zero-order chi connectivity index (χ0) is 32.9. The van der Waals surface area contributed by atoms with Crippen LogP contribution in [0.4, 0.5) is 0 Å². The van der Waals surface area contributed by atoms with Crippen LogP contribution in [0.5, 0.6) is 0 Å². The smallest absolute Gasteiger partial charge is 0.256 e. The first kappa shape index (κ1) is 32.2. The Kier molecular flexibility index (Phi) is 7.42. The molecule has 1 aromatic carbocycles. The molecule has 12 nitrogen and oxygen atoms in total. The second-order valence-electron chi connectivity index (χ2n) is 15.8. The number of carbonyl (C=O) groups excluding carboxylic acids is 3. The fraction of sp³-hybridized carbons (Fsp3) is 0.727. The van der Waals surface area contributed by atoms with Crippen LogP contribution in [0.3, 0.4) is 0 Å². The van der Waals surface area contributed by atoms with E-state index in [0.717, 1.165) is 0 Å². The van der Waals surface area contributed by atoms with Crippen molar-refractivity contribution >= 4 is 29.3 Å². The summed E-state index contributed by atoms with van der Waals surface area (Å²) in [5.41, 5.74) is -3.01. The zero-order valence-corrected chi connectivity index (χ0v) is 28.3. The summed E-state index contributed by atoms with van der Waals surface area (Å²) >= 11 is 6.88. The standard InChI is InChI=1S/C33H44ClN3O9/c1-28(15-41-28)9-35(10-29(2)16-42-29)25(38)21-7-8-22(34)24(27(40)37(13-32(5)19-45-32)14-33(6)20-46-33)23(21)26(39)36(11-30(3)17-43-30)12-31(4)18-44-31/h7-8H,9-20H2,1-6H3. The van der Waals surface area contributed by atoms with Gasteiger partial charge < -0.3 is 43.1 Å². The van der Waals surface area contributed by atoms with E-state index in [9.17, 15) is 14.4 Å². The van der Waals surface area contributed by atoms with Crippen molar-refractivity contribution in [3.05, 3.63) is 33.8 Å². The van der Waals surface area contributed by atoms with Gasteiger partial charge in [0.2, 0.25) is 0 Å². The summed E-state index contributed by atoms with van der Waals surface area (Å²) in [5, 5.41) is 0.0860.